The number of oxazole rings is 1. The maximum atomic E-state index is 10.2. The highest BCUT2D eigenvalue weighted by Crippen LogP contribution is 2.05. The monoisotopic (exact) mass is 333 g/mol. The third-order valence-corrected chi connectivity index (χ3v) is 2.13. The molecule has 0 bridgehead atoms. The van der Waals surface area contributed by atoms with Crippen molar-refractivity contribution in [2.45, 2.75) is 32.8 Å². The van der Waals surface area contributed by atoms with E-state index in [1.165, 1.54) is 0 Å². The normalized spacial score (nSPS) is 12.3. The van der Waals surface area contributed by atoms with Gasteiger partial charge in [-0.05, 0) is 23.9 Å². The molecular weight excluding hydrogens is 318 g/mol. The van der Waals surface area contributed by atoms with Crippen molar-refractivity contribution in [1.29, 1.82) is 0 Å². The van der Waals surface area contributed by atoms with Gasteiger partial charge in [-0.2, -0.15) is 0 Å². The first-order valence-electron chi connectivity index (χ1n) is 5.54. The third-order valence-electron chi connectivity index (χ3n) is 1.87. The molecule has 0 radical (unpaired) electrons. The van der Waals surface area contributed by atoms with Crippen molar-refractivity contribution in [3.8, 4) is 0 Å². The highest BCUT2D eigenvalue weighted by Gasteiger charge is 2.08. The van der Waals surface area contributed by atoms with E-state index in [-0.39, 0.29) is 24.1 Å². The summed E-state index contributed by atoms with van der Waals surface area (Å²) in [4.78, 5) is 23.6. The Morgan fingerprint density at radius 3 is 2.58 bits per heavy atom. The molecule has 2 N–H and O–H groups in total. The number of aldehydes is 1. The average molecular weight is 334 g/mol. The van der Waals surface area contributed by atoms with E-state index in [0.717, 1.165) is 17.2 Å². The van der Waals surface area contributed by atoms with E-state index in [1.54, 1.807) is 6.08 Å². The number of aliphatic hydroxyl groups excluding tert-OH is 1. The molecule has 0 aliphatic heterocycles. The van der Waals surface area contributed by atoms with Crippen LogP contribution in [0.15, 0.2) is 21.2 Å². The van der Waals surface area contributed by atoms with Gasteiger partial charge in [-0.25, -0.2) is 9.78 Å². The second-order valence-corrected chi connectivity index (χ2v) is 4.78. The standard InChI is InChI=1S/C6H11BrO.C6H5NO4/c1-3-6(8)4-5(2)7;8-2-1-5-7-4(3-11-5)6(9)10/h4,6,8H,3H2,1-2H3;2-3H,1H2,(H,9,10)/b5-4+;. The van der Waals surface area contributed by atoms with Gasteiger partial charge in [-0.15, -0.1) is 0 Å². The number of aromatic nitrogens is 1. The van der Waals surface area contributed by atoms with E-state index in [1.807, 2.05) is 13.8 Å². The summed E-state index contributed by atoms with van der Waals surface area (Å²) in [5, 5.41) is 17.3. The van der Waals surface area contributed by atoms with Gasteiger partial charge >= 0.3 is 5.97 Å². The SMILES string of the molecule is CCC(O)/C=C(\C)Br.O=CCc1nc(C(=O)O)co1. The van der Waals surface area contributed by atoms with Crippen LogP contribution in [0.25, 0.3) is 0 Å². The fourth-order valence-corrected chi connectivity index (χ4v) is 1.26. The molecule has 0 aliphatic rings. The number of nitrogens with zero attached hydrogens (tertiary/aromatic N) is 1. The molecule has 1 atom stereocenters. The van der Waals surface area contributed by atoms with Crippen LogP contribution in [0.1, 0.15) is 36.6 Å². The Hall–Kier alpha value is -1.47. The molecule has 1 aromatic heterocycles. The minimum Gasteiger partial charge on any atom is -0.476 e. The Kier molecular flexibility index (Phi) is 8.73. The molecule has 0 saturated heterocycles. The first-order chi connectivity index (χ1) is 8.90. The lowest BCUT2D eigenvalue weighted by molar-refractivity contribution is -0.107. The molecule has 0 amide bonds. The Morgan fingerprint density at radius 2 is 2.26 bits per heavy atom. The number of allylic oxidation sites excluding steroid dienone is 1. The van der Waals surface area contributed by atoms with Crippen molar-refractivity contribution in [2.75, 3.05) is 0 Å². The number of carbonyl (C=O) groups excluding carboxylic acids is 1. The molecule has 0 fully saturated rings. The number of halogens is 1. The van der Waals surface area contributed by atoms with Gasteiger partial charge in [0.25, 0.3) is 0 Å². The van der Waals surface area contributed by atoms with Gasteiger partial charge in [0.15, 0.2) is 5.69 Å². The number of carboxylic acid groups (broad SMARTS) is 1. The smallest absolute Gasteiger partial charge is 0.357 e. The summed E-state index contributed by atoms with van der Waals surface area (Å²) in [6.07, 6.45) is 3.88. The zero-order valence-electron chi connectivity index (χ0n) is 10.7. The first kappa shape index (κ1) is 17.5. The van der Waals surface area contributed by atoms with Crippen LogP contribution in [0.3, 0.4) is 0 Å². The zero-order chi connectivity index (χ0) is 14.8. The minimum atomic E-state index is -1.16. The Bertz CT molecular complexity index is 437. The minimum absolute atomic E-state index is 0.00722. The number of hydrogen-bond donors (Lipinski definition) is 2. The molecule has 6 nitrogen and oxygen atoms in total. The topological polar surface area (TPSA) is 101 Å². The van der Waals surface area contributed by atoms with Crippen LogP contribution in [0.2, 0.25) is 0 Å². The fraction of sp³-hybridized carbons (Fsp3) is 0.417. The molecule has 0 saturated carbocycles. The van der Waals surface area contributed by atoms with Crippen molar-refractivity contribution in [2.24, 2.45) is 0 Å². The van der Waals surface area contributed by atoms with Crippen LogP contribution in [-0.2, 0) is 11.2 Å². The Balaban J connectivity index is 0.000000362. The Labute approximate surface area is 119 Å². The highest BCUT2D eigenvalue weighted by atomic mass is 79.9. The molecule has 0 spiro atoms. The quantitative estimate of drug-likeness (QED) is 0.801. The molecule has 19 heavy (non-hydrogen) atoms. The van der Waals surface area contributed by atoms with Crippen LogP contribution in [0.5, 0.6) is 0 Å². The number of rotatable bonds is 5. The molecule has 1 aromatic rings. The van der Waals surface area contributed by atoms with E-state index in [2.05, 4.69) is 25.3 Å². The molecule has 0 aromatic carbocycles. The summed E-state index contributed by atoms with van der Waals surface area (Å²) >= 11 is 3.22. The van der Waals surface area contributed by atoms with Gasteiger partial charge in [-0.3, -0.25) is 0 Å². The largest absolute Gasteiger partial charge is 0.476 e. The number of carboxylic acids is 1. The lowest BCUT2D eigenvalue weighted by Gasteiger charge is -1.97. The van der Waals surface area contributed by atoms with Gasteiger partial charge in [0, 0.05) is 0 Å². The first-order valence-corrected chi connectivity index (χ1v) is 6.33. The second kappa shape index (κ2) is 9.46. The number of carbonyl (C=O) groups is 2. The number of aliphatic hydroxyl groups is 1. The molecule has 1 heterocycles. The summed E-state index contributed by atoms with van der Waals surface area (Å²) in [5.74, 6) is -1.04. The maximum absolute atomic E-state index is 10.2. The fourth-order valence-electron chi connectivity index (χ4n) is 0.957. The van der Waals surface area contributed by atoms with E-state index in [9.17, 15) is 9.59 Å². The van der Waals surface area contributed by atoms with Gasteiger partial charge < -0.3 is 19.4 Å². The van der Waals surface area contributed by atoms with Crippen molar-refractivity contribution in [1.82, 2.24) is 4.98 Å². The summed E-state index contributed by atoms with van der Waals surface area (Å²) < 4.78 is 5.64. The lowest BCUT2D eigenvalue weighted by atomic mass is 10.3. The van der Waals surface area contributed by atoms with Crippen molar-refractivity contribution in [3.63, 3.8) is 0 Å². The van der Waals surface area contributed by atoms with Crippen LogP contribution in [0, 0.1) is 0 Å². The van der Waals surface area contributed by atoms with Crippen LogP contribution >= 0.6 is 15.9 Å². The van der Waals surface area contributed by atoms with Crippen molar-refractivity contribution >= 4 is 28.2 Å². The molecule has 1 rings (SSSR count). The third kappa shape index (κ3) is 8.28. The highest BCUT2D eigenvalue weighted by molar-refractivity contribution is 9.11. The van der Waals surface area contributed by atoms with Gasteiger partial charge in [0.2, 0.25) is 5.89 Å². The summed E-state index contributed by atoms with van der Waals surface area (Å²) in [7, 11) is 0. The van der Waals surface area contributed by atoms with Crippen molar-refractivity contribution < 1.29 is 24.2 Å². The molecular formula is C12H16BrNO5. The molecule has 106 valence electrons. The summed E-state index contributed by atoms with van der Waals surface area (Å²) in [6, 6.07) is 0. The van der Waals surface area contributed by atoms with E-state index in [0.29, 0.717) is 6.29 Å². The lowest BCUT2D eigenvalue weighted by Crippen LogP contribution is -1.98. The summed E-state index contributed by atoms with van der Waals surface area (Å²) in [5.41, 5.74) is -0.179. The van der Waals surface area contributed by atoms with Crippen LogP contribution < -0.4 is 0 Å². The van der Waals surface area contributed by atoms with Crippen LogP contribution in [-0.4, -0.2) is 33.6 Å². The van der Waals surface area contributed by atoms with E-state index < -0.39 is 5.97 Å². The second-order valence-electron chi connectivity index (χ2n) is 3.53. The Morgan fingerprint density at radius 1 is 1.63 bits per heavy atom. The molecule has 7 heteroatoms. The van der Waals surface area contributed by atoms with Crippen LogP contribution in [0.4, 0.5) is 0 Å². The average Bonchev–Trinajstić information content (AvgIpc) is 2.78. The van der Waals surface area contributed by atoms with Gasteiger partial charge in [0.1, 0.15) is 12.5 Å². The predicted molar refractivity (Wildman–Crippen MR) is 72.2 cm³/mol. The zero-order valence-corrected chi connectivity index (χ0v) is 12.3. The van der Waals surface area contributed by atoms with E-state index >= 15 is 0 Å². The number of hydrogen-bond acceptors (Lipinski definition) is 5. The summed E-state index contributed by atoms with van der Waals surface area (Å²) in [6.45, 7) is 3.84. The molecule has 1 unspecified atom stereocenters. The number of aromatic carboxylic acids is 1. The van der Waals surface area contributed by atoms with E-state index in [4.69, 9.17) is 10.2 Å². The van der Waals surface area contributed by atoms with Gasteiger partial charge in [-0.1, -0.05) is 22.9 Å². The molecule has 0 aliphatic carbocycles. The van der Waals surface area contributed by atoms with Crippen molar-refractivity contribution in [3.05, 3.63) is 28.4 Å². The van der Waals surface area contributed by atoms with Gasteiger partial charge in [0.05, 0.1) is 12.5 Å². The predicted octanol–water partition coefficient (Wildman–Crippen LogP) is 2.17. The maximum Gasteiger partial charge on any atom is 0.357 e.